The average molecular weight is 402 g/mol. The second kappa shape index (κ2) is 8.83. The fourth-order valence-electron chi connectivity index (χ4n) is 3.59. The molecule has 0 aliphatic carbocycles. The lowest BCUT2D eigenvalue weighted by molar-refractivity contribution is -0.137. The Morgan fingerprint density at radius 1 is 1.10 bits per heavy atom. The highest BCUT2D eigenvalue weighted by Crippen LogP contribution is 2.29. The molecule has 1 aromatic carbocycles. The third-order valence-corrected chi connectivity index (χ3v) is 5.08. The SMILES string of the molecule is CC(C)Cc1ccc(C#N)c(N2CCN(Cc3ccc(C(F)(F)F)cn3)CC2)c1. The lowest BCUT2D eigenvalue weighted by atomic mass is 10.00. The standard InChI is InChI=1S/C22H25F3N4/c1-16(2)11-17-3-4-18(13-26)21(12-17)29-9-7-28(8-10-29)15-20-6-5-19(14-27-20)22(23,24)25/h3-6,12,14,16H,7-11,15H2,1-2H3. The maximum Gasteiger partial charge on any atom is 0.417 e. The van der Waals surface area contributed by atoms with Crippen LogP contribution in [0.1, 0.15) is 36.2 Å². The third-order valence-electron chi connectivity index (χ3n) is 5.08. The van der Waals surface area contributed by atoms with Crippen molar-refractivity contribution in [2.45, 2.75) is 33.0 Å². The molecule has 0 saturated carbocycles. The van der Waals surface area contributed by atoms with Crippen LogP contribution in [0.2, 0.25) is 0 Å². The summed E-state index contributed by atoms with van der Waals surface area (Å²) in [6.45, 7) is 7.92. The number of nitrogens with zero attached hydrogens (tertiary/aromatic N) is 4. The number of aromatic nitrogens is 1. The summed E-state index contributed by atoms with van der Waals surface area (Å²) in [5.74, 6) is 0.545. The molecule has 3 rings (SSSR count). The van der Waals surface area contributed by atoms with Crippen LogP contribution in [0.5, 0.6) is 0 Å². The third kappa shape index (κ3) is 5.48. The van der Waals surface area contributed by atoms with Gasteiger partial charge in [0, 0.05) is 38.9 Å². The molecule has 2 aromatic rings. The van der Waals surface area contributed by atoms with E-state index in [1.165, 1.54) is 11.6 Å². The number of benzene rings is 1. The van der Waals surface area contributed by atoms with E-state index in [0.29, 0.717) is 23.7 Å². The zero-order valence-electron chi connectivity index (χ0n) is 16.7. The molecule has 0 radical (unpaired) electrons. The fourth-order valence-corrected chi connectivity index (χ4v) is 3.59. The van der Waals surface area contributed by atoms with Crippen LogP contribution in [0.3, 0.4) is 0 Å². The van der Waals surface area contributed by atoms with Crippen molar-refractivity contribution in [3.05, 3.63) is 58.9 Å². The Morgan fingerprint density at radius 2 is 1.83 bits per heavy atom. The second-order valence-electron chi connectivity index (χ2n) is 7.86. The number of alkyl halides is 3. The predicted molar refractivity (Wildman–Crippen MR) is 106 cm³/mol. The molecule has 4 nitrogen and oxygen atoms in total. The van der Waals surface area contributed by atoms with Gasteiger partial charge in [-0.25, -0.2) is 0 Å². The first-order valence-corrected chi connectivity index (χ1v) is 9.78. The molecular weight excluding hydrogens is 377 g/mol. The normalized spacial score (nSPS) is 15.6. The van der Waals surface area contributed by atoms with Crippen molar-refractivity contribution in [2.24, 2.45) is 5.92 Å². The van der Waals surface area contributed by atoms with Crippen molar-refractivity contribution in [1.29, 1.82) is 5.26 Å². The van der Waals surface area contributed by atoms with Crippen LogP contribution < -0.4 is 4.90 Å². The van der Waals surface area contributed by atoms with Crippen molar-refractivity contribution in [1.82, 2.24) is 9.88 Å². The molecule has 1 aliphatic rings. The van der Waals surface area contributed by atoms with E-state index in [9.17, 15) is 18.4 Å². The topological polar surface area (TPSA) is 43.2 Å². The molecule has 0 atom stereocenters. The highest BCUT2D eigenvalue weighted by molar-refractivity contribution is 5.61. The van der Waals surface area contributed by atoms with Gasteiger partial charge in [0.2, 0.25) is 0 Å². The molecule has 154 valence electrons. The lowest BCUT2D eigenvalue weighted by Gasteiger charge is -2.36. The molecule has 2 heterocycles. The van der Waals surface area contributed by atoms with E-state index in [1.54, 1.807) is 0 Å². The highest BCUT2D eigenvalue weighted by Gasteiger charge is 2.30. The summed E-state index contributed by atoms with van der Waals surface area (Å²) in [6.07, 6.45) is -2.50. The molecule has 0 spiro atoms. The molecular formula is C22H25F3N4. The monoisotopic (exact) mass is 402 g/mol. The van der Waals surface area contributed by atoms with Gasteiger partial charge >= 0.3 is 6.18 Å². The smallest absolute Gasteiger partial charge is 0.368 e. The summed E-state index contributed by atoms with van der Waals surface area (Å²) in [4.78, 5) is 8.36. The Kier molecular flexibility index (Phi) is 6.43. The summed E-state index contributed by atoms with van der Waals surface area (Å²) in [7, 11) is 0. The van der Waals surface area contributed by atoms with Gasteiger partial charge in [-0.3, -0.25) is 9.88 Å². The van der Waals surface area contributed by atoms with Crippen LogP contribution in [-0.4, -0.2) is 36.1 Å². The first-order valence-electron chi connectivity index (χ1n) is 9.78. The van der Waals surface area contributed by atoms with Crippen molar-refractivity contribution in [3.63, 3.8) is 0 Å². The molecule has 0 unspecified atom stereocenters. The van der Waals surface area contributed by atoms with Gasteiger partial charge in [0.15, 0.2) is 0 Å². The zero-order valence-corrected chi connectivity index (χ0v) is 16.7. The van der Waals surface area contributed by atoms with E-state index in [-0.39, 0.29) is 0 Å². The van der Waals surface area contributed by atoms with Crippen molar-refractivity contribution in [3.8, 4) is 6.07 Å². The Labute approximate surface area is 169 Å². The molecule has 0 N–H and O–H groups in total. The van der Waals surface area contributed by atoms with Crippen LogP contribution in [0.25, 0.3) is 0 Å². The number of piperazine rings is 1. The zero-order chi connectivity index (χ0) is 21.0. The van der Waals surface area contributed by atoms with Gasteiger partial charge in [0.25, 0.3) is 0 Å². The Hall–Kier alpha value is -2.59. The molecule has 7 heteroatoms. The van der Waals surface area contributed by atoms with E-state index in [0.717, 1.165) is 50.6 Å². The van der Waals surface area contributed by atoms with Gasteiger partial charge in [-0.05, 0) is 42.2 Å². The van der Waals surface area contributed by atoms with E-state index in [2.05, 4.69) is 40.8 Å². The van der Waals surface area contributed by atoms with Gasteiger partial charge < -0.3 is 4.90 Å². The summed E-state index contributed by atoms with van der Waals surface area (Å²) in [6, 6.07) is 10.8. The fraction of sp³-hybridized carbons (Fsp3) is 0.455. The van der Waals surface area contributed by atoms with Gasteiger partial charge in [0.05, 0.1) is 22.5 Å². The number of nitriles is 1. The molecule has 29 heavy (non-hydrogen) atoms. The highest BCUT2D eigenvalue weighted by atomic mass is 19.4. The minimum absolute atomic E-state index is 0.518. The van der Waals surface area contributed by atoms with Gasteiger partial charge in [0.1, 0.15) is 6.07 Å². The van der Waals surface area contributed by atoms with Gasteiger partial charge in [-0.15, -0.1) is 0 Å². The minimum Gasteiger partial charge on any atom is -0.368 e. The van der Waals surface area contributed by atoms with Crippen LogP contribution in [-0.2, 0) is 19.1 Å². The Morgan fingerprint density at radius 3 is 2.38 bits per heavy atom. The largest absolute Gasteiger partial charge is 0.417 e. The van der Waals surface area contributed by atoms with Crippen LogP contribution in [0, 0.1) is 17.2 Å². The maximum absolute atomic E-state index is 12.7. The maximum atomic E-state index is 12.7. The minimum atomic E-state index is -4.36. The first kappa shape index (κ1) is 21.1. The van der Waals surface area contributed by atoms with Crippen molar-refractivity contribution >= 4 is 5.69 Å². The number of hydrogen-bond acceptors (Lipinski definition) is 4. The molecule has 0 bridgehead atoms. The molecule has 1 aliphatic heterocycles. The number of halogens is 3. The van der Waals surface area contributed by atoms with E-state index < -0.39 is 11.7 Å². The van der Waals surface area contributed by atoms with Crippen LogP contribution in [0.4, 0.5) is 18.9 Å². The van der Waals surface area contributed by atoms with E-state index in [1.807, 2.05) is 12.1 Å². The number of rotatable bonds is 5. The van der Waals surface area contributed by atoms with Gasteiger partial charge in [-0.2, -0.15) is 18.4 Å². The quantitative estimate of drug-likeness (QED) is 0.739. The van der Waals surface area contributed by atoms with Gasteiger partial charge in [-0.1, -0.05) is 19.9 Å². The van der Waals surface area contributed by atoms with Crippen LogP contribution in [0.15, 0.2) is 36.5 Å². The lowest BCUT2D eigenvalue weighted by Crippen LogP contribution is -2.46. The molecule has 1 saturated heterocycles. The number of hydrogen-bond donors (Lipinski definition) is 0. The molecule has 1 fully saturated rings. The Bertz CT molecular complexity index is 861. The molecule has 0 amide bonds. The summed E-state index contributed by atoms with van der Waals surface area (Å²) < 4.78 is 38.0. The number of pyridine rings is 1. The average Bonchev–Trinajstić information content (AvgIpc) is 2.68. The first-order chi connectivity index (χ1) is 13.8. The predicted octanol–water partition coefficient (Wildman–Crippen LogP) is 4.49. The van der Waals surface area contributed by atoms with E-state index >= 15 is 0 Å². The second-order valence-corrected chi connectivity index (χ2v) is 7.86. The molecule has 1 aromatic heterocycles. The summed E-state index contributed by atoms with van der Waals surface area (Å²) >= 11 is 0. The van der Waals surface area contributed by atoms with Crippen LogP contribution >= 0.6 is 0 Å². The van der Waals surface area contributed by atoms with Crippen molar-refractivity contribution in [2.75, 3.05) is 31.1 Å². The summed E-state index contributed by atoms with van der Waals surface area (Å²) in [5.41, 5.74) is 2.78. The summed E-state index contributed by atoms with van der Waals surface area (Å²) in [5, 5.41) is 9.47. The Balaban J connectivity index is 1.62. The van der Waals surface area contributed by atoms with Crippen molar-refractivity contribution < 1.29 is 13.2 Å². The van der Waals surface area contributed by atoms with E-state index in [4.69, 9.17) is 0 Å². The number of anilines is 1.